The number of amides is 1. The number of benzene rings is 2. The molecule has 5 heterocycles. The number of carbonyl (C=O) groups excluding carboxylic acids is 1. The molecular weight excluding hydrogens is 663 g/mol. The third-order valence-electron chi connectivity index (χ3n) is 9.91. The van der Waals surface area contributed by atoms with Crippen molar-refractivity contribution in [3.8, 4) is 23.2 Å². The number of likely N-dealkylation sites (N-methyl/N-ethyl adjacent to an activating group) is 1. The molecule has 3 aliphatic rings. The Morgan fingerprint density at radius 1 is 1.29 bits per heavy atom. The number of hydrogen-bond donors (Lipinski definition) is 1. The molecular formula is C34H33ClF3N7O2S. The molecule has 2 N–H and O–H groups in total. The van der Waals surface area contributed by atoms with Crippen molar-refractivity contribution in [2.75, 3.05) is 50.0 Å². The second-order valence-electron chi connectivity index (χ2n) is 12.6. The van der Waals surface area contributed by atoms with Gasteiger partial charge in [0.1, 0.15) is 41.7 Å². The van der Waals surface area contributed by atoms with Crippen LogP contribution in [-0.2, 0) is 4.79 Å². The molecule has 3 saturated heterocycles. The second-order valence-corrected chi connectivity index (χ2v) is 14.1. The molecule has 2 aromatic heterocycles. The number of hydrogen-bond acceptors (Lipinski definition) is 9. The molecule has 0 saturated carbocycles. The van der Waals surface area contributed by atoms with E-state index in [0.717, 1.165) is 30.7 Å². The van der Waals surface area contributed by atoms with E-state index in [9.17, 15) is 18.8 Å². The summed E-state index contributed by atoms with van der Waals surface area (Å²) in [6.45, 7) is 7.11. The van der Waals surface area contributed by atoms with Crippen molar-refractivity contribution in [2.24, 2.45) is 0 Å². The quantitative estimate of drug-likeness (QED) is 0.215. The number of aromatic nitrogens is 2. The lowest BCUT2D eigenvalue weighted by Gasteiger charge is -2.32. The normalized spacial score (nSPS) is 23.9. The van der Waals surface area contributed by atoms with Gasteiger partial charge in [-0.2, -0.15) is 15.2 Å². The summed E-state index contributed by atoms with van der Waals surface area (Å²) in [4.78, 5) is 27.3. The smallest absolute Gasteiger partial charge is 0.319 e. The highest BCUT2D eigenvalue weighted by Gasteiger charge is 2.49. The molecule has 0 spiro atoms. The van der Waals surface area contributed by atoms with Gasteiger partial charge >= 0.3 is 6.01 Å². The minimum absolute atomic E-state index is 0.0296. The molecule has 0 radical (unpaired) electrons. The highest BCUT2D eigenvalue weighted by atomic mass is 35.5. The number of fused-ring (bicyclic) bond motifs is 3. The Hall–Kier alpha value is -4.12. The van der Waals surface area contributed by atoms with Crippen molar-refractivity contribution >= 4 is 60.7 Å². The van der Waals surface area contributed by atoms with Crippen molar-refractivity contribution in [1.82, 2.24) is 19.8 Å². The summed E-state index contributed by atoms with van der Waals surface area (Å²) in [5.41, 5.74) is 7.18. The summed E-state index contributed by atoms with van der Waals surface area (Å²) in [7, 11) is 0. The number of ether oxygens (including phenoxy) is 1. The van der Waals surface area contributed by atoms with Gasteiger partial charge in [0, 0.05) is 47.4 Å². The Morgan fingerprint density at radius 2 is 2.10 bits per heavy atom. The predicted molar refractivity (Wildman–Crippen MR) is 181 cm³/mol. The first-order valence-corrected chi connectivity index (χ1v) is 17.0. The van der Waals surface area contributed by atoms with Gasteiger partial charge in [-0.1, -0.05) is 24.2 Å². The number of nitrogen functional groups attached to an aromatic ring is 1. The zero-order valence-electron chi connectivity index (χ0n) is 26.2. The van der Waals surface area contributed by atoms with Crippen molar-refractivity contribution in [3.63, 3.8) is 0 Å². The van der Waals surface area contributed by atoms with Gasteiger partial charge in [0.15, 0.2) is 0 Å². The summed E-state index contributed by atoms with van der Waals surface area (Å²) in [6, 6.07) is 7.64. The molecule has 0 aliphatic carbocycles. The first kappa shape index (κ1) is 32.4. The van der Waals surface area contributed by atoms with Gasteiger partial charge in [0.2, 0.25) is 5.91 Å². The van der Waals surface area contributed by atoms with Crippen LogP contribution in [0.4, 0.5) is 24.0 Å². The molecule has 3 aliphatic heterocycles. The number of thiophene rings is 1. The summed E-state index contributed by atoms with van der Waals surface area (Å²) in [5.74, 6) is -0.504. The minimum atomic E-state index is -1.37. The van der Waals surface area contributed by atoms with Crippen LogP contribution in [0, 0.1) is 17.1 Å². The summed E-state index contributed by atoms with van der Waals surface area (Å²) >= 11 is 7.93. The number of nitrogens with zero attached hydrogens (tertiary/aromatic N) is 6. The Kier molecular flexibility index (Phi) is 8.38. The van der Waals surface area contributed by atoms with Gasteiger partial charge in [0.05, 0.1) is 33.9 Å². The lowest BCUT2D eigenvalue weighted by Crippen LogP contribution is -2.44. The van der Waals surface area contributed by atoms with E-state index in [1.165, 1.54) is 17.0 Å². The van der Waals surface area contributed by atoms with E-state index < -0.39 is 29.7 Å². The number of alkyl halides is 2. The molecule has 2 aromatic carbocycles. The van der Waals surface area contributed by atoms with Gasteiger partial charge in [-0.3, -0.25) is 9.69 Å². The number of anilines is 2. The van der Waals surface area contributed by atoms with Gasteiger partial charge in [-0.15, -0.1) is 11.3 Å². The van der Waals surface area contributed by atoms with E-state index in [2.05, 4.69) is 17.5 Å². The molecule has 48 heavy (non-hydrogen) atoms. The van der Waals surface area contributed by atoms with Crippen LogP contribution in [0.2, 0.25) is 5.02 Å². The van der Waals surface area contributed by atoms with Crippen LogP contribution >= 0.6 is 22.9 Å². The highest BCUT2D eigenvalue weighted by Crippen LogP contribution is 2.45. The van der Waals surface area contributed by atoms with Crippen molar-refractivity contribution in [3.05, 3.63) is 53.3 Å². The molecule has 4 unspecified atom stereocenters. The largest absolute Gasteiger partial charge is 0.461 e. The molecule has 4 atom stereocenters. The van der Waals surface area contributed by atoms with Crippen LogP contribution in [0.25, 0.3) is 32.1 Å². The van der Waals surface area contributed by atoms with Crippen LogP contribution in [0.15, 0.2) is 36.9 Å². The fourth-order valence-electron chi connectivity index (χ4n) is 7.67. The molecule has 3 fully saturated rings. The van der Waals surface area contributed by atoms with E-state index >= 15 is 4.39 Å². The van der Waals surface area contributed by atoms with Crippen LogP contribution in [-0.4, -0.2) is 88.9 Å². The highest BCUT2D eigenvalue weighted by molar-refractivity contribution is 7.23. The third kappa shape index (κ3) is 5.30. The van der Waals surface area contributed by atoms with Crippen LogP contribution in [0.1, 0.15) is 31.7 Å². The lowest BCUT2D eigenvalue weighted by molar-refractivity contribution is -0.125. The van der Waals surface area contributed by atoms with Crippen molar-refractivity contribution in [2.45, 2.75) is 50.1 Å². The average molecular weight is 696 g/mol. The zero-order chi connectivity index (χ0) is 33.9. The molecule has 250 valence electrons. The van der Waals surface area contributed by atoms with E-state index in [-0.39, 0.29) is 51.9 Å². The van der Waals surface area contributed by atoms with E-state index in [0.29, 0.717) is 52.7 Å². The number of likely N-dealkylation sites (tertiary alicyclic amines) is 1. The summed E-state index contributed by atoms with van der Waals surface area (Å²) in [6.07, 6.45) is 0.946. The minimum Gasteiger partial charge on any atom is -0.461 e. The topological polar surface area (TPSA) is 112 Å². The Bertz CT molecular complexity index is 2000. The maximum Gasteiger partial charge on any atom is 0.319 e. The van der Waals surface area contributed by atoms with Gasteiger partial charge in [-0.25, -0.2) is 13.2 Å². The van der Waals surface area contributed by atoms with Crippen molar-refractivity contribution < 1.29 is 22.7 Å². The number of rotatable bonds is 8. The molecule has 1 amide bonds. The molecule has 0 bridgehead atoms. The third-order valence-corrected chi connectivity index (χ3v) is 11.3. The fraction of sp³-hybridized carbons (Fsp3) is 0.412. The maximum absolute atomic E-state index is 15.6. The van der Waals surface area contributed by atoms with E-state index in [4.69, 9.17) is 32.0 Å². The first-order valence-electron chi connectivity index (χ1n) is 15.8. The standard InChI is InChI=1S/C34H33ClF3N7O2S/c1-3-28(46)43-15-25(38)27(16-43)45(4-2)32-21-10-23(35)20(19-6-7-24(37)30-29(19)22(13-39)31(40)48-30)11-26(21)41-33(42-32)47-17-34-8-5-9-44(34)14-18(36)12-34/h3,6-7,10-11,18,25,27H,1,4-5,8-9,12,14-17,40H2,2H3. The summed E-state index contributed by atoms with van der Waals surface area (Å²) < 4.78 is 51.6. The van der Waals surface area contributed by atoms with Crippen LogP contribution in [0.3, 0.4) is 0 Å². The Morgan fingerprint density at radius 3 is 2.85 bits per heavy atom. The second kappa shape index (κ2) is 12.4. The average Bonchev–Trinajstić information content (AvgIpc) is 3.81. The predicted octanol–water partition coefficient (Wildman–Crippen LogP) is 6.27. The monoisotopic (exact) mass is 695 g/mol. The molecule has 9 nitrogen and oxygen atoms in total. The lowest BCUT2D eigenvalue weighted by atomic mass is 9.95. The number of carbonyl (C=O) groups is 1. The van der Waals surface area contributed by atoms with Crippen molar-refractivity contribution in [1.29, 1.82) is 5.26 Å². The zero-order valence-corrected chi connectivity index (χ0v) is 27.8. The maximum atomic E-state index is 15.6. The SMILES string of the molecule is C=CC(=O)N1CC(F)C(N(CC)c2nc(OCC34CCCN3CC(F)C4)nc3cc(-c4ccc(F)c5sc(N)c(C#N)c45)c(Cl)cc23)C1. The molecule has 14 heteroatoms. The first-order chi connectivity index (χ1) is 23.1. The number of halogens is 4. The fourth-order valence-corrected chi connectivity index (χ4v) is 8.88. The van der Waals surface area contributed by atoms with E-state index in [1.807, 2.05) is 6.92 Å². The Balaban J connectivity index is 1.37. The molecule has 7 rings (SSSR count). The molecule has 4 aromatic rings. The van der Waals surface area contributed by atoms with Gasteiger partial charge in [-0.05, 0) is 56.1 Å². The number of nitrogens with two attached hydrogens (primary N) is 1. The van der Waals surface area contributed by atoms with Crippen LogP contribution < -0.4 is 15.4 Å². The number of nitriles is 1. The van der Waals surface area contributed by atoms with Gasteiger partial charge < -0.3 is 20.3 Å². The van der Waals surface area contributed by atoms with E-state index in [1.54, 1.807) is 23.1 Å². The summed E-state index contributed by atoms with van der Waals surface area (Å²) in [5, 5.41) is 11.2. The van der Waals surface area contributed by atoms with Gasteiger partial charge in [0.25, 0.3) is 0 Å². The Labute approximate surface area is 284 Å². The van der Waals surface area contributed by atoms with Crippen LogP contribution in [0.5, 0.6) is 6.01 Å².